The van der Waals surface area contributed by atoms with Crippen molar-refractivity contribution in [2.45, 2.75) is 32.7 Å². The van der Waals surface area contributed by atoms with Gasteiger partial charge in [0.2, 0.25) is 0 Å². The third kappa shape index (κ3) is 2.76. The number of hydrogen-bond acceptors (Lipinski definition) is 4. The lowest BCUT2D eigenvalue weighted by Crippen LogP contribution is -2.11. The topological polar surface area (TPSA) is 68.0 Å². The molecule has 0 radical (unpaired) electrons. The van der Waals surface area contributed by atoms with E-state index < -0.39 is 5.97 Å². The predicted octanol–water partition coefficient (Wildman–Crippen LogP) is 2.38. The van der Waals surface area contributed by atoms with Crippen LogP contribution in [0.5, 0.6) is 0 Å². The van der Waals surface area contributed by atoms with Gasteiger partial charge in [0.05, 0.1) is 18.6 Å². The van der Waals surface area contributed by atoms with Gasteiger partial charge in [-0.25, -0.2) is 14.8 Å². The Labute approximate surface area is 109 Å². The van der Waals surface area contributed by atoms with Gasteiger partial charge in [-0.05, 0) is 0 Å². The highest BCUT2D eigenvalue weighted by Gasteiger charge is 2.17. The number of rotatable bonds is 3. The van der Waals surface area contributed by atoms with E-state index in [1.54, 1.807) is 15.9 Å². The van der Waals surface area contributed by atoms with Crippen molar-refractivity contribution in [3.05, 3.63) is 34.3 Å². The van der Waals surface area contributed by atoms with E-state index in [0.717, 1.165) is 10.7 Å². The Morgan fingerprint density at radius 2 is 2.22 bits per heavy atom. The highest BCUT2D eigenvalue weighted by Crippen LogP contribution is 2.24. The summed E-state index contributed by atoms with van der Waals surface area (Å²) in [4.78, 5) is 19.1. The summed E-state index contributed by atoms with van der Waals surface area (Å²) >= 11 is 1.58. The van der Waals surface area contributed by atoms with Crippen molar-refractivity contribution in [3.63, 3.8) is 0 Å². The molecule has 2 rings (SSSR count). The van der Waals surface area contributed by atoms with Gasteiger partial charge in [0.1, 0.15) is 5.01 Å². The highest BCUT2D eigenvalue weighted by molar-refractivity contribution is 7.09. The molecule has 6 heteroatoms. The Morgan fingerprint density at radius 3 is 2.72 bits per heavy atom. The van der Waals surface area contributed by atoms with E-state index in [1.165, 1.54) is 12.5 Å². The zero-order chi connectivity index (χ0) is 13.3. The van der Waals surface area contributed by atoms with E-state index in [9.17, 15) is 4.79 Å². The van der Waals surface area contributed by atoms with Gasteiger partial charge in [0.15, 0.2) is 5.69 Å². The molecule has 1 N–H and O–H groups in total. The Kier molecular flexibility index (Phi) is 3.21. The molecule has 0 amide bonds. The third-order valence-electron chi connectivity index (χ3n) is 2.49. The van der Waals surface area contributed by atoms with Gasteiger partial charge in [0.25, 0.3) is 0 Å². The third-order valence-corrected chi connectivity index (χ3v) is 3.32. The molecule has 18 heavy (non-hydrogen) atoms. The first-order valence-electron chi connectivity index (χ1n) is 5.56. The zero-order valence-corrected chi connectivity index (χ0v) is 11.4. The molecule has 0 aromatic carbocycles. The summed E-state index contributed by atoms with van der Waals surface area (Å²) in [6.45, 7) is 6.91. The van der Waals surface area contributed by atoms with Gasteiger partial charge in [0, 0.05) is 17.0 Å². The summed E-state index contributed by atoms with van der Waals surface area (Å²) in [5.74, 6) is -1.01. The molecule has 2 aromatic heterocycles. The molecule has 0 unspecified atom stereocenters. The smallest absolute Gasteiger partial charge is 0.356 e. The van der Waals surface area contributed by atoms with Crippen LogP contribution in [0.25, 0.3) is 0 Å². The van der Waals surface area contributed by atoms with Crippen molar-refractivity contribution in [2.24, 2.45) is 0 Å². The standard InChI is InChI=1S/C12H15N3O2S/c1-12(2,3)9-6-18-10(14-9)5-15-4-8(11(16)17)13-7-15/h4,6-7H,5H2,1-3H3,(H,16,17). The Hall–Kier alpha value is -1.69. The number of imidazole rings is 1. The Morgan fingerprint density at radius 1 is 1.50 bits per heavy atom. The van der Waals surface area contributed by atoms with Crippen molar-refractivity contribution in [1.82, 2.24) is 14.5 Å². The molecule has 0 spiro atoms. The van der Waals surface area contributed by atoms with Gasteiger partial charge in [-0.1, -0.05) is 20.8 Å². The molecule has 2 heterocycles. The average Bonchev–Trinajstić information content (AvgIpc) is 2.85. The zero-order valence-electron chi connectivity index (χ0n) is 10.5. The van der Waals surface area contributed by atoms with Gasteiger partial charge in [-0.3, -0.25) is 0 Å². The minimum atomic E-state index is -1.01. The first-order chi connectivity index (χ1) is 8.36. The lowest BCUT2D eigenvalue weighted by Gasteiger charge is -2.14. The van der Waals surface area contributed by atoms with Crippen LogP contribution in [0.1, 0.15) is 42.0 Å². The minimum absolute atomic E-state index is 0.0376. The van der Waals surface area contributed by atoms with Crippen molar-refractivity contribution >= 4 is 17.3 Å². The molecule has 0 atom stereocenters. The average molecular weight is 265 g/mol. The van der Waals surface area contributed by atoms with Gasteiger partial charge in [-0.15, -0.1) is 11.3 Å². The fourth-order valence-electron chi connectivity index (χ4n) is 1.44. The van der Waals surface area contributed by atoms with E-state index in [4.69, 9.17) is 5.11 Å². The summed E-state index contributed by atoms with van der Waals surface area (Å²) in [5.41, 5.74) is 1.15. The molecular formula is C12H15N3O2S. The predicted molar refractivity (Wildman–Crippen MR) is 69.1 cm³/mol. The van der Waals surface area contributed by atoms with E-state index in [0.29, 0.717) is 6.54 Å². The summed E-state index contributed by atoms with van der Waals surface area (Å²) in [7, 11) is 0. The van der Waals surface area contributed by atoms with Crippen LogP contribution < -0.4 is 0 Å². The number of carboxylic acids is 1. The fraction of sp³-hybridized carbons (Fsp3) is 0.417. The number of nitrogens with zero attached hydrogens (tertiary/aromatic N) is 3. The molecule has 0 saturated heterocycles. The van der Waals surface area contributed by atoms with Crippen LogP contribution in [0, 0.1) is 0 Å². The second-order valence-electron chi connectivity index (χ2n) is 5.11. The number of carboxylic acid groups (broad SMARTS) is 1. The lowest BCUT2D eigenvalue weighted by molar-refractivity contribution is 0.0691. The van der Waals surface area contributed by atoms with Gasteiger partial charge < -0.3 is 9.67 Å². The van der Waals surface area contributed by atoms with Crippen molar-refractivity contribution in [3.8, 4) is 0 Å². The molecule has 0 aliphatic carbocycles. The van der Waals surface area contributed by atoms with Gasteiger partial charge >= 0.3 is 5.97 Å². The molecule has 2 aromatic rings. The summed E-state index contributed by atoms with van der Waals surface area (Å²) in [6.07, 6.45) is 3.03. The summed E-state index contributed by atoms with van der Waals surface area (Å²) in [5, 5.41) is 11.8. The number of hydrogen-bond donors (Lipinski definition) is 1. The fourth-order valence-corrected chi connectivity index (χ4v) is 2.47. The second-order valence-corrected chi connectivity index (χ2v) is 6.06. The maximum Gasteiger partial charge on any atom is 0.356 e. The van der Waals surface area contributed by atoms with Crippen LogP contribution in [0.3, 0.4) is 0 Å². The SMILES string of the molecule is CC(C)(C)c1csc(Cn2cnc(C(=O)O)c2)n1. The van der Waals surface area contributed by atoms with E-state index in [1.807, 2.05) is 5.38 Å². The Balaban J connectivity index is 2.14. The second kappa shape index (κ2) is 4.53. The first kappa shape index (κ1) is 12.8. The van der Waals surface area contributed by atoms with Crippen molar-refractivity contribution < 1.29 is 9.90 Å². The van der Waals surface area contributed by atoms with E-state index >= 15 is 0 Å². The minimum Gasteiger partial charge on any atom is -0.476 e. The largest absolute Gasteiger partial charge is 0.476 e. The number of carbonyl (C=O) groups is 1. The molecule has 5 nitrogen and oxygen atoms in total. The van der Waals surface area contributed by atoms with Crippen LogP contribution in [0.4, 0.5) is 0 Å². The summed E-state index contributed by atoms with van der Waals surface area (Å²) in [6, 6.07) is 0. The number of aromatic carboxylic acids is 1. The van der Waals surface area contributed by atoms with Crippen LogP contribution in [0.2, 0.25) is 0 Å². The lowest BCUT2D eigenvalue weighted by atomic mass is 9.93. The van der Waals surface area contributed by atoms with Crippen LogP contribution in [0.15, 0.2) is 17.9 Å². The Bertz CT molecular complexity index is 566. The van der Waals surface area contributed by atoms with Crippen molar-refractivity contribution in [2.75, 3.05) is 0 Å². The maximum absolute atomic E-state index is 10.7. The quantitative estimate of drug-likeness (QED) is 0.925. The number of aromatic nitrogens is 3. The molecule has 96 valence electrons. The van der Waals surface area contributed by atoms with Crippen LogP contribution in [-0.2, 0) is 12.0 Å². The molecule has 0 aliphatic rings. The van der Waals surface area contributed by atoms with Crippen LogP contribution >= 0.6 is 11.3 Å². The molecule has 0 fully saturated rings. The highest BCUT2D eigenvalue weighted by atomic mass is 32.1. The van der Waals surface area contributed by atoms with Crippen molar-refractivity contribution in [1.29, 1.82) is 0 Å². The summed E-state index contributed by atoms with van der Waals surface area (Å²) < 4.78 is 1.73. The van der Waals surface area contributed by atoms with E-state index in [-0.39, 0.29) is 11.1 Å². The molecular weight excluding hydrogens is 250 g/mol. The normalized spacial score (nSPS) is 11.7. The molecule has 0 aliphatic heterocycles. The van der Waals surface area contributed by atoms with Crippen LogP contribution in [-0.4, -0.2) is 25.6 Å². The van der Waals surface area contributed by atoms with E-state index in [2.05, 4.69) is 30.7 Å². The molecule has 0 bridgehead atoms. The van der Waals surface area contributed by atoms with Gasteiger partial charge in [-0.2, -0.15) is 0 Å². The number of thiazole rings is 1. The first-order valence-corrected chi connectivity index (χ1v) is 6.44. The molecule has 0 saturated carbocycles. The monoisotopic (exact) mass is 265 g/mol. The maximum atomic E-state index is 10.7.